The summed E-state index contributed by atoms with van der Waals surface area (Å²) in [4.78, 5) is 12.0. The Labute approximate surface area is 103 Å². The number of ketones is 1. The van der Waals surface area contributed by atoms with Crippen LogP contribution in [0.3, 0.4) is 0 Å². The lowest BCUT2D eigenvalue weighted by Crippen LogP contribution is -2.16. The van der Waals surface area contributed by atoms with Gasteiger partial charge in [0.05, 0.1) is 14.2 Å². The van der Waals surface area contributed by atoms with Gasteiger partial charge in [0.25, 0.3) is 0 Å². The summed E-state index contributed by atoms with van der Waals surface area (Å²) in [5, 5.41) is 0. The van der Waals surface area contributed by atoms with E-state index in [-0.39, 0.29) is 17.6 Å². The second-order valence-corrected chi connectivity index (χ2v) is 4.39. The van der Waals surface area contributed by atoms with Crippen LogP contribution in [0.2, 0.25) is 0 Å². The summed E-state index contributed by atoms with van der Waals surface area (Å²) in [6.45, 7) is 5.73. The zero-order chi connectivity index (χ0) is 13.0. The molecule has 0 saturated carbocycles. The van der Waals surface area contributed by atoms with Crippen molar-refractivity contribution in [2.45, 2.75) is 26.7 Å². The Morgan fingerprint density at radius 3 is 2.24 bits per heavy atom. The van der Waals surface area contributed by atoms with Crippen molar-refractivity contribution in [1.29, 1.82) is 0 Å². The number of carbonyl (C=O) groups excluding carboxylic acids is 1. The largest absolute Gasteiger partial charge is 0.497 e. The van der Waals surface area contributed by atoms with E-state index in [2.05, 4.69) is 0 Å². The van der Waals surface area contributed by atoms with Crippen LogP contribution in [0, 0.1) is 5.92 Å². The lowest BCUT2D eigenvalue weighted by molar-refractivity contribution is -0.123. The highest BCUT2D eigenvalue weighted by Gasteiger charge is 2.21. The van der Waals surface area contributed by atoms with Crippen molar-refractivity contribution in [2.24, 2.45) is 5.92 Å². The minimum atomic E-state index is -0.157. The number of rotatable bonds is 5. The highest BCUT2D eigenvalue weighted by molar-refractivity contribution is 5.87. The van der Waals surface area contributed by atoms with Crippen LogP contribution in [0.25, 0.3) is 0 Å². The van der Waals surface area contributed by atoms with Gasteiger partial charge in [-0.2, -0.15) is 0 Å². The molecular formula is C14H20O3. The first-order valence-corrected chi connectivity index (χ1v) is 5.76. The van der Waals surface area contributed by atoms with Gasteiger partial charge in [-0.3, -0.25) is 4.79 Å². The van der Waals surface area contributed by atoms with Gasteiger partial charge in [-0.1, -0.05) is 26.8 Å². The molecule has 1 aromatic carbocycles. The highest BCUT2D eigenvalue weighted by atomic mass is 16.5. The molecule has 0 aromatic heterocycles. The highest BCUT2D eigenvalue weighted by Crippen LogP contribution is 2.32. The van der Waals surface area contributed by atoms with E-state index < -0.39 is 0 Å². The van der Waals surface area contributed by atoms with Crippen LogP contribution >= 0.6 is 0 Å². The van der Waals surface area contributed by atoms with E-state index in [1.807, 2.05) is 32.9 Å². The third-order valence-electron chi connectivity index (χ3n) is 2.90. The molecule has 0 spiro atoms. The third-order valence-corrected chi connectivity index (χ3v) is 2.90. The fraction of sp³-hybridized carbons (Fsp3) is 0.500. The summed E-state index contributed by atoms with van der Waals surface area (Å²) in [6, 6.07) is 5.55. The molecule has 1 unspecified atom stereocenters. The molecule has 0 amide bonds. The molecule has 0 bridgehead atoms. The Hall–Kier alpha value is -1.51. The fourth-order valence-corrected chi connectivity index (χ4v) is 1.83. The Morgan fingerprint density at radius 2 is 1.76 bits per heavy atom. The molecule has 0 heterocycles. The maximum absolute atomic E-state index is 12.0. The Bertz CT molecular complexity index is 396. The second kappa shape index (κ2) is 5.71. The summed E-state index contributed by atoms with van der Waals surface area (Å²) in [5.74, 6) is 1.52. The molecule has 0 fully saturated rings. The summed E-state index contributed by atoms with van der Waals surface area (Å²) in [5.41, 5.74) is 0.909. The van der Waals surface area contributed by atoms with E-state index in [0.29, 0.717) is 5.75 Å². The number of ether oxygens (including phenoxy) is 2. The van der Waals surface area contributed by atoms with Crippen LogP contribution in [0.5, 0.6) is 11.5 Å². The molecule has 0 N–H and O–H groups in total. The van der Waals surface area contributed by atoms with Crippen LogP contribution in [0.4, 0.5) is 0 Å². The lowest BCUT2D eigenvalue weighted by atomic mass is 9.90. The van der Waals surface area contributed by atoms with Crippen molar-refractivity contribution in [2.75, 3.05) is 14.2 Å². The average Bonchev–Trinajstić information content (AvgIpc) is 2.35. The normalized spacial score (nSPS) is 12.4. The number of hydrogen-bond donors (Lipinski definition) is 0. The summed E-state index contributed by atoms with van der Waals surface area (Å²) < 4.78 is 10.4. The van der Waals surface area contributed by atoms with Crippen LogP contribution in [0.15, 0.2) is 18.2 Å². The SMILES string of the molecule is COc1ccc(C(C)C(=O)C(C)C)c(OC)c1. The summed E-state index contributed by atoms with van der Waals surface area (Å²) in [6.07, 6.45) is 0. The van der Waals surface area contributed by atoms with Gasteiger partial charge < -0.3 is 9.47 Å². The smallest absolute Gasteiger partial charge is 0.142 e. The Balaban J connectivity index is 3.09. The predicted octanol–water partition coefficient (Wildman–Crippen LogP) is 3.03. The molecule has 17 heavy (non-hydrogen) atoms. The fourth-order valence-electron chi connectivity index (χ4n) is 1.83. The minimum Gasteiger partial charge on any atom is -0.497 e. The maximum Gasteiger partial charge on any atom is 0.142 e. The van der Waals surface area contributed by atoms with E-state index in [9.17, 15) is 4.79 Å². The van der Waals surface area contributed by atoms with Crippen molar-refractivity contribution in [1.82, 2.24) is 0 Å². The van der Waals surface area contributed by atoms with Gasteiger partial charge in [0, 0.05) is 23.5 Å². The molecule has 1 aromatic rings. The van der Waals surface area contributed by atoms with Crippen LogP contribution in [-0.4, -0.2) is 20.0 Å². The first-order valence-electron chi connectivity index (χ1n) is 5.76. The van der Waals surface area contributed by atoms with E-state index >= 15 is 0 Å². The molecule has 0 aliphatic rings. The van der Waals surface area contributed by atoms with Gasteiger partial charge >= 0.3 is 0 Å². The van der Waals surface area contributed by atoms with Crippen molar-refractivity contribution in [3.63, 3.8) is 0 Å². The van der Waals surface area contributed by atoms with E-state index in [1.54, 1.807) is 20.3 Å². The van der Waals surface area contributed by atoms with Crippen molar-refractivity contribution in [3.8, 4) is 11.5 Å². The molecule has 0 aliphatic heterocycles. The van der Waals surface area contributed by atoms with Crippen LogP contribution in [0.1, 0.15) is 32.3 Å². The monoisotopic (exact) mass is 236 g/mol. The van der Waals surface area contributed by atoms with Crippen molar-refractivity contribution in [3.05, 3.63) is 23.8 Å². The summed E-state index contributed by atoms with van der Waals surface area (Å²) >= 11 is 0. The summed E-state index contributed by atoms with van der Waals surface area (Å²) in [7, 11) is 3.21. The predicted molar refractivity (Wildman–Crippen MR) is 67.8 cm³/mol. The maximum atomic E-state index is 12.0. The molecule has 3 heteroatoms. The molecular weight excluding hydrogens is 216 g/mol. The topological polar surface area (TPSA) is 35.5 Å². The molecule has 94 valence electrons. The number of benzene rings is 1. The number of carbonyl (C=O) groups is 1. The number of hydrogen-bond acceptors (Lipinski definition) is 3. The molecule has 0 aliphatic carbocycles. The Kier molecular flexibility index (Phi) is 4.55. The van der Waals surface area contributed by atoms with Gasteiger partial charge in [0.15, 0.2) is 0 Å². The van der Waals surface area contributed by atoms with Crippen molar-refractivity contribution >= 4 is 5.78 Å². The second-order valence-electron chi connectivity index (χ2n) is 4.39. The van der Waals surface area contributed by atoms with Gasteiger partial charge in [0.2, 0.25) is 0 Å². The number of methoxy groups -OCH3 is 2. The molecule has 0 saturated heterocycles. The average molecular weight is 236 g/mol. The van der Waals surface area contributed by atoms with Gasteiger partial charge in [0.1, 0.15) is 17.3 Å². The van der Waals surface area contributed by atoms with Gasteiger partial charge in [-0.15, -0.1) is 0 Å². The molecule has 1 rings (SSSR count). The zero-order valence-corrected chi connectivity index (χ0v) is 11.1. The van der Waals surface area contributed by atoms with Crippen LogP contribution in [-0.2, 0) is 4.79 Å². The first-order chi connectivity index (χ1) is 8.01. The third kappa shape index (κ3) is 2.99. The van der Waals surface area contributed by atoms with E-state index in [1.165, 1.54) is 0 Å². The zero-order valence-electron chi connectivity index (χ0n) is 11.1. The van der Waals surface area contributed by atoms with E-state index in [0.717, 1.165) is 11.3 Å². The quantitative estimate of drug-likeness (QED) is 0.788. The Morgan fingerprint density at radius 1 is 1.12 bits per heavy atom. The van der Waals surface area contributed by atoms with Crippen LogP contribution < -0.4 is 9.47 Å². The number of Topliss-reactive ketones (excluding diaryl/α,β-unsaturated/α-hetero) is 1. The van der Waals surface area contributed by atoms with Gasteiger partial charge in [-0.25, -0.2) is 0 Å². The first kappa shape index (κ1) is 13.6. The lowest BCUT2D eigenvalue weighted by Gasteiger charge is -2.17. The molecule has 1 atom stereocenters. The minimum absolute atomic E-state index is 0.0248. The van der Waals surface area contributed by atoms with Gasteiger partial charge in [-0.05, 0) is 6.07 Å². The molecule has 3 nitrogen and oxygen atoms in total. The standard InChI is InChI=1S/C14H20O3/c1-9(2)14(15)10(3)12-7-6-11(16-4)8-13(12)17-5/h6-10H,1-5H3. The van der Waals surface area contributed by atoms with E-state index in [4.69, 9.17) is 9.47 Å². The molecule has 0 radical (unpaired) electrons. The van der Waals surface area contributed by atoms with Crippen molar-refractivity contribution < 1.29 is 14.3 Å².